The molecule has 1 aliphatic heterocycles. The number of aliphatic hydroxyl groups excluding tert-OH is 1. The van der Waals surface area contributed by atoms with Crippen LogP contribution in [0.5, 0.6) is 0 Å². The molecule has 0 spiro atoms. The molecule has 0 saturated carbocycles. The van der Waals surface area contributed by atoms with Crippen molar-refractivity contribution in [3.63, 3.8) is 0 Å². The van der Waals surface area contributed by atoms with Crippen molar-refractivity contribution < 1.29 is 5.11 Å². The van der Waals surface area contributed by atoms with Gasteiger partial charge in [0.25, 0.3) is 0 Å². The van der Waals surface area contributed by atoms with E-state index in [1.54, 1.807) is 6.07 Å². The average molecular weight is 339 g/mol. The van der Waals surface area contributed by atoms with Gasteiger partial charge in [-0.05, 0) is 51.7 Å². The van der Waals surface area contributed by atoms with Gasteiger partial charge in [0, 0.05) is 10.2 Å². The second-order valence-electron chi connectivity index (χ2n) is 4.73. The van der Waals surface area contributed by atoms with E-state index in [2.05, 4.69) is 27.3 Å². The summed E-state index contributed by atoms with van der Waals surface area (Å²) in [4.78, 5) is 0. The summed E-state index contributed by atoms with van der Waals surface area (Å²) in [7, 11) is 0. The maximum absolute atomic E-state index is 10.5. The lowest BCUT2D eigenvalue weighted by molar-refractivity contribution is 0.156. The van der Waals surface area contributed by atoms with Crippen LogP contribution in [0.4, 0.5) is 5.69 Å². The molecule has 2 aromatic rings. The van der Waals surface area contributed by atoms with Crippen LogP contribution in [-0.2, 0) is 6.42 Å². The van der Waals surface area contributed by atoms with Crippen LogP contribution in [0.15, 0.2) is 46.9 Å². The largest absolute Gasteiger partial charge is 0.386 e. The van der Waals surface area contributed by atoms with Gasteiger partial charge >= 0.3 is 0 Å². The third kappa shape index (κ3) is 2.50. The van der Waals surface area contributed by atoms with E-state index in [9.17, 15) is 5.11 Å². The SMILES string of the molecule is OC(c1ccc(Cl)c(Br)c1)C1Cc2ccccc2N1. The molecule has 2 N–H and O–H groups in total. The second kappa shape index (κ2) is 5.16. The molecule has 0 fully saturated rings. The number of nitrogens with one attached hydrogen (secondary N) is 1. The van der Waals surface area contributed by atoms with Crippen molar-refractivity contribution in [3.05, 3.63) is 63.1 Å². The molecule has 3 rings (SSSR count). The molecule has 2 aromatic carbocycles. The first-order valence-corrected chi connectivity index (χ1v) is 7.29. The van der Waals surface area contributed by atoms with E-state index in [-0.39, 0.29) is 6.04 Å². The summed E-state index contributed by atoms with van der Waals surface area (Å²) >= 11 is 9.36. The summed E-state index contributed by atoms with van der Waals surface area (Å²) in [5.41, 5.74) is 3.22. The Bertz CT molecular complexity index is 592. The van der Waals surface area contributed by atoms with E-state index in [0.717, 1.165) is 22.1 Å². The Hall–Kier alpha value is -1.03. The predicted molar refractivity (Wildman–Crippen MR) is 81.7 cm³/mol. The van der Waals surface area contributed by atoms with Crippen molar-refractivity contribution in [1.82, 2.24) is 0 Å². The van der Waals surface area contributed by atoms with Gasteiger partial charge in [0.05, 0.1) is 17.2 Å². The highest BCUT2D eigenvalue weighted by Crippen LogP contribution is 2.33. The van der Waals surface area contributed by atoms with Crippen molar-refractivity contribution in [3.8, 4) is 0 Å². The number of rotatable bonds is 2. The van der Waals surface area contributed by atoms with Crippen LogP contribution >= 0.6 is 27.5 Å². The molecule has 1 aliphatic rings. The van der Waals surface area contributed by atoms with Gasteiger partial charge in [-0.3, -0.25) is 0 Å². The Morgan fingerprint density at radius 3 is 2.79 bits per heavy atom. The van der Waals surface area contributed by atoms with E-state index >= 15 is 0 Å². The number of hydrogen-bond donors (Lipinski definition) is 2. The molecular formula is C15H13BrClNO. The van der Waals surface area contributed by atoms with Crippen LogP contribution in [0.1, 0.15) is 17.2 Å². The Kier molecular flexibility index (Phi) is 3.52. The van der Waals surface area contributed by atoms with Gasteiger partial charge in [0.15, 0.2) is 0 Å². The minimum Gasteiger partial charge on any atom is -0.386 e. The number of fused-ring (bicyclic) bond motifs is 1. The predicted octanol–water partition coefficient (Wildman–Crippen LogP) is 4.17. The van der Waals surface area contributed by atoms with E-state index in [0.29, 0.717) is 5.02 Å². The molecular weight excluding hydrogens is 326 g/mol. The van der Waals surface area contributed by atoms with Crippen LogP contribution in [0.2, 0.25) is 5.02 Å². The van der Waals surface area contributed by atoms with Crippen molar-refractivity contribution in [2.24, 2.45) is 0 Å². The number of hydrogen-bond acceptors (Lipinski definition) is 2. The van der Waals surface area contributed by atoms with Crippen LogP contribution < -0.4 is 5.32 Å². The van der Waals surface area contributed by atoms with Gasteiger partial charge in [-0.25, -0.2) is 0 Å². The minimum atomic E-state index is -0.555. The Labute approximate surface area is 125 Å². The zero-order valence-electron chi connectivity index (χ0n) is 10.1. The van der Waals surface area contributed by atoms with Crippen molar-refractivity contribution in [1.29, 1.82) is 0 Å². The fourth-order valence-electron chi connectivity index (χ4n) is 2.45. The summed E-state index contributed by atoms with van der Waals surface area (Å²) in [6, 6.07) is 13.7. The summed E-state index contributed by atoms with van der Waals surface area (Å²) in [5.74, 6) is 0. The lowest BCUT2D eigenvalue weighted by Gasteiger charge is -2.19. The highest BCUT2D eigenvalue weighted by molar-refractivity contribution is 9.10. The van der Waals surface area contributed by atoms with Gasteiger partial charge in [-0.1, -0.05) is 35.9 Å². The minimum absolute atomic E-state index is 0.00507. The van der Waals surface area contributed by atoms with Gasteiger partial charge in [0.2, 0.25) is 0 Å². The first kappa shape index (κ1) is 13.0. The highest BCUT2D eigenvalue weighted by Gasteiger charge is 2.27. The van der Waals surface area contributed by atoms with Crippen molar-refractivity contribution in [2.45, 2.75) is 18.6 Å². The average Bonchev–Trinajstić information content (AvgIpc) is 2.85. The number of benzene rings is 2. The lowest BCUT2D eigenvalue weighted by Crippen LogP contribution is -2.24. The normalized spacial score (nSPS) is 18.8. The summed E-state index contributed by atoms with van der Waals surface area (Å²) < 4.78 is 0.807. The number of anilines is 1. The summed E-state index contributed by atoms with van der Waals surface area (Å²) in [6.45, 7) is 0. The van der Waals surface area contributed by atoms with E-state index in [1.165, 1.54) is 5.56 Å². The molecule has 0 aliphatic carbocycles. The third-order valence-corrected chi connectivity index (χ3v) is 4.68. The fourth-order valence-corrected chi connectivity index (χ4v) is 2.96. The Morgan fingerprint density at radius 1 is 1.26 bits per heavy atom. The topological polar surface area (TPSA) is 32.3 Å². The molecule has 19 heavy (non-hydrogen) atoms. The first-order valence-electron chi connectivity index (χ1n) is 6.12. The number of aliphatic hydroxyl groups is 1. The van der Waals surface area contributed by atoms with E-state index in [4.69, 9.17) is 11.6 Å². The Balaban J connectivity index is 1.82. The van der Waals surface area contributed by atoms with Crippen LogP contribution in [0.25, 0.3) is 0 Å². The first-order chi connectivity index (χ1) is 9.15. The third-order valence-electron chi connectivity index (χ3n) is 3.46. The molecule has 2 nitrogen and oxygen atoms in total. The molecule has 0 radical (unpaired) electrons. The van der Waals surface area contributed by atoms with E-state index < -0.39 is 6.10 Å². The van der Waals surface area contributed by atoms with Crippen molar-refractivity contribution >= 4 is 33.2 Å². The second-order valence-corrected chi connectivity index (χ2v) is 5.99. The van der Waals surface area contributed by atoms with Crippen LogP contribution in [0.3, 0.4) is 0 Å². The summed E-state index contributed by atoms with van der Waals surface area (Å²) in [6.07, 6.45) is 0.276. The van der Waals surface area contributed by atoms with E-state index in [1.807, 2.05) is 30.3 Å². The molecule has 0 amide bonds. The zero-order chi connectivity index (χ0) is 13.4. The molecule has 2 atom stereocenters. The quantitative estimate of drug-likeness (QED) is 0.861. The molecule has 0 saturated heterocycles. The monoisotopic (exact) mass is 337 g/mol. The Morgan fingerprint density at radius 2 is 2.05 bits per heavy atom. The number of para-hydroxylation sites is 1. The van der Waals surface area contributed by atoms with Crippen LogP contribution in [-0.4, -0.2) is 11.1 Å². The van der Waals surface area contributed by atoms with Gasteiger partial charge in [-0.2, -0.15) is 0 Å². The van der Waals surface area contributed by atoms with Crippen LogP contribution in [0, 0.1) is 0 Å². The maximum atomic E-state index is 10.5. The standard InChI is InChI=1S/C15H13BrClNO/c16-11-7-10(5-6-12(11)17)15(19)14-8-9-3-1-2-4-13(9)18-14/h1-7,14-15,18-19H,8H2. The smallest absolute Gasteiger partial charge is 0.0994 e. The fraction of sp³-hybridized carbons (Fsp3) is 0.200. The molecule has 4 heteroatoms. The highest BCUT2D eigenvalue weighted by atomic mass is 79.9. The summed E-state index contributed by atoms with van der Waals surface area (Å²) in [5, 5.41) is 14.5. The van der Waals surface area contributed by atoms with Crippen molar-refractivity contribution in [2.75, 3.05) is 5.32 Å². The lowest BCUT2D eigenvalue weighted by atomic mass is 9.99. The molecule has 98 valence electrons. The molecule has 0 aromatic heterocycles. The maximum Gasteiger partial charge on any atom is 0.0994 e. The molecule has 2 unspecified atom stereocenters. The van der Waals surface area contributed by atoms with Gasteiger partial charge in [-0.15, -0.1) is 0 Å². The van der Waals surface area contributed by atoms with Gasteiger partial charge < -0.3 is 10.4 Å². The molecule has 1 heterocycles. The number of halogens is 2. The zero-order valence-corrected chi connectivity index (χ0v) is 12.4. The molecule has 0 bridgehead atoms. The van der Waals surface area contributed by atoms with Gasteiger partial charge in [0.1, 0.15) is 0 Å².